The minimum atomic E-state index is -3.82. The molecule has 2 atom stereocenters. The van der Waals surface area contributed by atoms with Crippen molar-refractivity contribution in [1.82, 2.24) is 4.31 Å². The number of fused-ring (bicyclic) bond motifs is 1. The highest BCUT2D eigenvalue weighted by molar-refractivity contribution is 7.89. The lowest BCUT2D eigenvalue weighted by atomic mass is 10.1. The fourth-order valence-corrected chi connectivity index (χ4v) is 5.75. The minimum absolute atomic E-state index is 0.00341. The van der Waals surface area contributed by atoms with Crippen LogP contribution in [0.2, 0.25) is 5.02 Å². The van der Waals surface area contributed by atoms with Crippen LogP contribution >= 0.6 is 11.6 Å². The van der Waals surface area contributed by atoms with Gasteiger partial charge in [-0.3, -0.25) is 0 Å². The molecule has 1 aliphatic rings. The Bertz CT molecular complexity index is 1410. The van der Waals surface area contributed by atoms with Gasteiger partial charge in [0.15, 0.2) is 0 Å². The zero-order valence-electron chi connectivity index (χ0n) is 18.9. The average molecular weight is 506 g/mol. The van der Waals surface area contributed by atoms with Crippen molar-refractivity contribution in [3.63, 3.8) is 0 Å². The van der Waals surface area contributed by atoms with Gasteiger partial charge in [0.05, 0.1) is 22.7 Å². The number of carbonyl (C=O) groups is 1. The van der Waals surface area contributed by atoms with Crippen molar-refractivity contribution in [2.24, 2.45) is 0 Å². The van der Waals surface area contributed by atoms with Crippen LogP contribution in [0.1, 0.15) is 35.3 Å². The van der Waals surface area contributed by atoms with E-state index in [4.69, 9.17) is 25.5 Å². The number of hydrogen-bond acceptors (Lipinski definition) is 7. The molecular formula is C24H24ClNO7S. The fraction of sp³-hybridized carbons (Fsp3) is 0.333. The summed E-state index contributed by atoms with van der Waals surface area (Å²) in [5.74, 6) is -0.722. The van der Waals surface area contributed by atoms with Crippen LogP contribution < -0.4 is 5.63 Å². The molecule has 1 saturated heterocycles. The Labute approximate surface area is 202 Å². The molecule has 10 heteroatoms. The highest BCUT2D eigenvalue weighted by Gasteiger charge is 2.32. The standard InChI is InChI=1S/C24H24ClNO7S/c1-14-7-22-20(10-21(14)25)18(9-23(27)33-22)13-31-24(28)17-5-4-6-19(8-17)34(29,30)26-11-15(2)32-16(3)12-26/h4-10,15-16H,11-13H2,1-3H3/t15-,16-/m1/s1. The molecule has 0 saturated carbocycles. The van der Waals surface area contributed by atoms with Gasteiger partial charge in [0.25, 0.3) is 0 Å². The number of halogens is 1. The molecule has 180 valence electrons. The summed E-state index contributed by atoms with van der Waals surface area (Å²) in [6.07, 6.45) is -0.468. The summed E-state index contributed by atoms with van der Waals surface area (Å²) in [5.41, 5.74) is 1.01. The van der Waals surface area contributed by atoms with Crippen molar-refractivity contribution < 1.29 is 27.1 Å². The second-order valence-electron chi connectivity index (χ2n) is 8.37. The normalized spacial score (nSPS) is 19.3. The van der Waals surface area contributed by atoms with Crippen LogP contribution in [-0.2, 0) is 26.1 Å². The number of carbonyl (C=O) groups excluding carboxylic acids is 1. The molecule has 0 spiro atoms. The van der Waals surface area contributed by atoms with Crippen LogP contribution in [0.4, 0.5) is 0 Å². The molecule has 0 bridgehead atoms. The average Bonchev–Trinajstić information content (AvgIpc) is 2.78. The van der Waals surface area contributed by atoms with E-state index >= 15 is 0 Å². The van der Waals surface area contributed by atoms with Crippen molar-refractivity contribution in [2.45, 2.75) is 44.5 Å². The number of hydrogen-bond donors (Lipinski definition) is 0. The van der Waals surface area contributed by atoms with Crippen LogP contribution in [0.3, 0.4) is 0 Å². The van der Waals surface area contributed by atoms with Crippen LogP contribution in [0.25, 0.3) is 11.0 Å². The summed E-state index contributed by atoms with van der Waals surface area (Å²) < 4.78 is 43.9. The molecule has 2 heterocycles. The Hall–Kier alpha value is -2.72. The molecule has 4 rings (SSSR count). The Kier molecular flexibility index (Phi) is 6.82. The van der Waals surface area contributed by atoms with Crippen molar-refractivity contribution >= 4 is 38.6 Å². The summed E-state index contributed by atoms with van der Waals surface area (Å²) in [6, 6.07) is 10.2. The predicted octanol–water partition coefficient (Wildman–Crippen LogP) is 3.91. The molecule has 1 aliphatic heterocycles. The van der Waals surface area contributed by atoms with E-state index in [9.17, 15) is 18.0 Å². The van der Waals surface area contributed by atoms with E-state index in [0.29, 0.717) is 21.6 Å². The van der Waals surface area contributed by atoms with Crippen molar-refractivity contribution in [1.29, 1.82) is 0 Å². The summed E-state index contributed by atoms with van der Waals surface area (Å²) in [7, 11) is -3.82. The van der Waals surface area contributed by atoms with Crippen LogP contribution in [0, 0.1) is 6.92 Å². The fourth-order valence-electron chi connectivity index (χ4n) is 3.95. The third kappa shape index (κ3) is 5.02. The first-order valence-corrected chi connectivity index (χ1v) is 12.5. The van der Waals surface area contributed by atoms with Crippen LogP contribution in [0.15, 0.2) is 56.6 Å². The number of esters is 1. The van der Waals surface area contributed by atoms with Gasteiger partial charge in [-0.1, -0.05) is 17.7 Å². The number of nitrogens with zero attached hydrogens (tertiary/aromatic N) is 1. The second kappa shape index (κ2) is 9.50. The number of morpholine rings is 1. The number of aryl methyl sites for hydroxylation is 1. The lowest BCUT2D eigenvalue weighted by molar-refractivity contribution is -0.0440. The summed E-state index contributed by atoms with van der Waals surface area (Å²) in [5, 5.41) is 1.04. The SMILES string of the molecule is Cc1cc2oc(=O)cc(COC(=O)c3cccc(S(=O)(=O)N4C[C@@H](C)O[C@H](C)C4)c3)c2cc1Cl. The maximum absolute atomic E-state index is 13.1. The van der Waals surface area contributed by atoms with Gasteiger partial charge in [-0.05, 0) is 56.7 Å². The molecule has 0 radical (unpaired) electrons. The van der Waals surface area contributed by atoms with Crippen LogP contribution in [-0.4, -0.2) is 44.0 Å². The second-order valence-corrected chi connectivity index (χ2v) is 10.7. The number of sulfonamides is 1. The molecule has 8 nitrogen and oxygen atoms in total. The molecule has 0 N–H and O–H groups in total. The molecule has 34 heavy (non-hydrogen) atoms. The van der Waals surface area contributed by atoms with E-state index in [0.717, 1.165) is 5.56 Å². The lowest BCUT2D eigenvalue weighted by Gasteiger charge is -2.34. The first-order valence-electron chi connectivity index (χ1n) is 10.7. The molecule has 2 aromatic carbocycles. The van der Waals surface area contributed by atoms with E-state index in [2.05, 4.69) is 0 Å². The number of rotatable bonds is 5. The highest BCUT2D eigenvalue weighted by atomic mass is 35.5. The van der Waals surface area contributed by atoms with E-state index in [1.165, 1.54) is 34.6 Å². The minimum Gasteiger partial charge on any atom is -0.457 e. The number of benzene rings is 2. The Morgan fingerprint density at radius 3 is 2.56 bits per heavy atom. The summed E-state index contributed by atoms with van der Waals surface area (Å²) in [6.45, 7) is 5.66. The predicted molar refractivity (Wildman–Crippen MR) is 127 cm³/mol. The first-order chi connectivity index (χ1) is 16.0. The zero-order chi connectivity index (χ0) is 24.6. The highest BCUT2D eigenvalue weighted by Crippen LogP contribution is 2.26. The third-order valence-electron chi connectivity index (χ3n) is 5.56. The van der Waals surface area contributed by atoms with Gasteiger partial charge in [-0.25, -0.2) is 18.0 Å². The van der Waals surface area contributed by atoms with Crippen LogP contribution in [0.5, 0.6) is 0 Å². The van der Waals surface area contributed by atoms with Gasteiger partial charge in [0.1, 0.15) is 12.2 Å². The van der Waals surface area contributed by atoms with Crippen molar-refractivity contribution in [2.75, 3.05) is 13.1 Å². The molecule has 0 amide bonds. The Morgan fingerprint density at radius 2 is 1.85 bits per heavy atom. The van der Waals surface area contributed by atoms with E-state index in [1.807, 2.05) is 13.8 Å². The Morgan fingerprint density at radius 1 is 1.15 bits per heavy atom. The first kappa shape index (κ1) is 24.4. The van der Waals surface area contributed by atoms with Gasteiger partial charge in [0.2, 0.25) is 10.0 Å². The van der Waals surface area contributed by atoms with Gasteiger partial charge < -0.3 is 13.9 Å². The van der Waals surface area contributed by atoms with Gasteiger partial charge in [-0.15, -0.1) is 0 Å². The number of ether oxygens (including phenoxy) is 2. The molecular weight excluding hydrogens is 482 g/mol. The summed E-state index contributed by atoms with van der Waals surface area (Å²) >= 11 is 6.20. The Balaban J connectivity index is 1.56. The van der Waals surface area contributed by atoms with E-state index < -0.39 is 21.6 Å². The molecule has 0 unspecified atom stereocenters. The topological polar surface area (TPSA) is 103 Å². The molecule has 0 aliphatic carbocycles. The maximum Gasteiger partial charge on any atom is 0.338 e. The van der Waals surface area contributed by atoms with E-state index in [1.54, 1.807) is 19.1 Å². The quantitative estimate of drug-likeness (QED) is 0.382. The van der Waals surface area contributed by atoms with Gasteiger partial charge in [0, 0.05) is 35.1 Å². The third-order valence-corrected chi connectivity index (χ3v) is 7.80. The largest absolute Gasteiger partial charge is 0.457 e. The van der Waals surface area contributed by atoms with E-state index in [-0.39, 0.29) is 42.4 Å². The molecule has 1 aromatic heterocycles. The lowest BCUT2D eigenvalue weighted by Crippen LogP contribution is -2.48. The zero-order valence-corrected chi connectivity index (χ0v) is 20.5. The summed E-state index contributed by atoms with van der Waals surface area (Å²) in [4.78, 5) is 24.7. The monoisotopic (exact) mass is 505 g/mol. The smallest absolute Gasteiger partial charge is 0.338 e. The van der Waals surface area contributed by atoms with Gasteiger partial charge >= 0.3 is 11.6 Å². The van der Waals surface area contributed by atoms with Gasteiger partial charge in [-0.2, -0.15) is 4.31 Å². The van der Waals surface area contributed by atoms with Crippen molar-refractivity contribution in [3.8, 4) is 0 Å². The molecule has 3 aromatic rings. The molecule has 1 fully saturated rings. The van der Waals surface area contributed by atoms with Crippen molar-refractivity contribution in [3.05, 3.63) is 74.6 Å². The maximum atomic E-state index is 13.1.